The van der Waals surface area contributed by atoms with Gasteiger partial charge in [-0.1, -0.05) is 82.1 Å². The van der Waals surface area contributed by atoms with Crippen LogP contribution in [0.1, 0.15) is 83.6 Å². The number of ether oxygens (including phenoxy) is 1. The van der Waals surface area contributed by atoms with Crippen molar-refractivity contribution in [1.29, 1.82) is 0 Å². The minimum Gasteiger partial charge on any atom is -0.494 e. The van der Waals surface area contributed by atoms with Gasteiger partial charge >= 0.3 is 0 Å². The summed E-state index contributed by atoms with van der Waals surface area (Å²) >= 11 is 0. The van der Waals surface area contributed by atoms with Gasteiger partial charge < -0.3 is 4.74 Å². The normalized spacial score (nSPS) is 28.2. The maximum atomic E-state index is 5.54. The van der Waals surface area contributed by atoms with Crippen LogP contribution in [0.25, 0.3) is 0 Å². The molecule has 1 saturated heterocycles. The molecule has 1 nitrogen and oxygen atoms in total. The van der Waals surface area contributed by atoms with E-state index in [9.17, 15) is 0 Å². The van der Waals surface area contributed by atoms with Crippen molar-refractivity contribution in [3.05, 3.63) is 29.8 Å². The predicted molar refractivity (Wildman–Crippen MR) is 125 cm³/mol. The first-order valence-corrected chi connectivity index (χ1v) is 14.9. The molecule has 2 aliphatic rings. The maximum absolute atomic E-state index is 5.54. The second-order valence-corrected chi connectivity index (χ2v) is 13.1. The van der Waals surface area contributed by atoms with Crippen LogP contribution in [0.2, 0.25) is 18.1 Å². The summed E-state index contributed by atoms with van der Waals surface area (Å²) in [5.74, 6) is 4.24. The summed E-state index contributed by atoms with van der Waals surface area (Å²) < 4.78 is 5.54. The summed E-state index contributed by atoms with van der Waals surface area (Å²) in [6.07, 6.45) is 16.3. The number of unbranched alkanes of at least 4 members (excludes halogenated alkanes) is 1. The van der Waals surface area contributed by atoms with Gasteiger partial charge in [0.25, 0.3) is 0 Å². The standard InChI is InChI=1S/C26H44OSi/c1-3-19-28-20-17-25(18-21-28)24-13-9-22(10-14-24)7-5-6-8-23-11-15-26(16-12-23)27-4-2/h11-12,15-16,22,24-25,28H,3-10,13-14,17-21H2,1-2H3/t22-,24-,25?,28?. The molecule has 28 heavy (non-hydrogen) atoms. The van der Waals surface area contributed by atoms with E-state index < -0.39 is 0 Å². The SMILES string of the molecule is CCC[SiH]1CCC([C@H]2CC[C@H](CCCCc3ccc(OCC)cc3)CC2)CC1. The Balaban J connectivity index is 1.27. The molecule has 2 fully saturated rings. The minimum absolute atomic E-state index is 0.290. The summed E-state index contributed by atoms with van der Waals surface area (Å²) in [5.41, 5.74) is 1.47. The molecule has 0 atom stereocenters. The monoisotopic (exact) mass is 400 g/mol. The average Bonchev–Trinajstić information content (AvgIpc) is 2.74. The highest BCUT2D eigenvalue weighted by Crippen LogP contribution is 2.42. The largest absolute Gasteiger partial charge is 0.494 e. The van der Waals surface area contributed by atoms with Crippen LogP contribution in [0.4, 0.5) is 0 Å². The van der Waals surface area contributed by atoms with E-state index in [-0.39, 0.29) is 8.80 Å². The highest BCUT2D eigenvalue weighted by Gasteiger charge is 2.30. The van der Waals surface area contributed by atoms with Crippen molar-refractivity contribution >= 4 is 8.80 Å². The van der Waals surface area contributed by atoms with Crippen LogP contribution in [-0.4, -0.2) is 15.4 Å². The Labute approximate surface area is 176 Å². The van der Waals surface area contributed by atoms with E-state index in [1.54, 1.807) is 43.8 Å². The van der Waals surface area contributed by atoms with E-state index in [4.69, 9.17) is 4.74 Å². The molecule has 0 spiro atoms. The second-order valence-electron chi connectivity index (χ2n) is 9.67. The molecule has 1 saturated carbocycles. The van der Waals surface area contributed by atoms with Gasteiger partial charge in [-0.05, 0) is 68.1 Å². The van der Waals surface area contributed by atoms with E-state index >= 15 is 0 Å². The molecule has 1 heterocycles. The second kappa shape index (κ2) is 12.1. The van der Waals surface area contributed by atoms with Gasteiger partial charge in [0.2, 0.25) is 0 Å². The van der Waals surface area contributed by atoms with Crippen LogP contribution in [0.5, 0.6) is 5.75 Å². The quantitative estimate of drug-likeness (QED) is 0.289. The van der Waals surface area contributed by atoms with Gasteiger partial charge in [-0.3, -0.25) is 0 Å². The highest BCUT2D eigenvalue weighted by atomic mass is 28.3. The Morgan fingerprint density at radius 2 is 1.54 bits per heavy atom. The Hall–Kier alpha value is -0.763. The van der Waals surface area contributed by atoms with Crippen molar-refractivity contribution in [3.63, 3.8) is 0 Å². The molecule has 0 bridgehead atoms. The number of hydrogen-bond donors (Lipinski definition) is 0. The topological polar surface area (TPSA) is 9.23 Å². The molecule has 0 amide bonds. The van der Waals surface area contributed by atoms with E-state index in [0.29, 0.717) is 0 Å². The number of benzene rings is 1. The van der Waals surface area contributed by atoms with Crippen molar-refractivity contribution in [2.45, 2.75) is 103 Å². The van der Waals surface area contributed by atoms with Gasteiger partial charge in [0.15, 0.2) is 0 Å². The molecule has 2 heteroatoms. The summed E-state index contributed by atoms with van der Waals surface area (Å²) in [7, 11) is -0.290. The van der Waals surface area contributed by atoms with Gasteiger partial charge in [-0.2, -0.15) is 0 Å². The first-order chi connectivity index (χ1) is 13.8. The van der Waals surface area contributed by atoms with Crippen LogP contribution in [-0.2, 0) is 6.42 Å². The van der Waals surface area contributed by atoms with Crippen molar-refractivity contribution in [1.82, 2.24) is 0 Å². The Morgan fingerprint density at radius 3 is 2.18 bits per heavy atom. The number of hydrogen-bond acceptors (Lipinski definition) is 1. The van der Waals surface area contributed by atoms with E-state index in [1.165, 1.54) is 50.5 Å². The van der Waals surface area contributed by atoms with E-state index in [2.05, 4.69) is 31.2 Å². The van der Waals surface area contributed by atoms with Crippen LogP contribution in [0.3, 0.4) is 0 Å². The van der Waals surface area contributed by atoms with Crippen molar-refractivity contribution in [2.24, 2.45) is 17.8 Å². The molecule has 158 valence electrons. The first kappa shape index (κ1) is 21.9. The Bertz CT molecular complexity index is 524. The van der Waals surface area contributed by atoms with E-state index in [1.807, 2.05) is 6.92 Å². The molecule has 1 aromatic rings. The molecule has 1 aliphatic heterocycles. The third kappa shape index (κ3) is 6.93. The van der Waals surface area contributed by atoms with Gasteiger partial charge in [0.05, 0.1) is 6.61 Å². The van der Waals surface area contributed by atoms with Gasteiger partial charge in [-0.15, -0.1) is 0 Å². The predicted octanol–water partition coefficient (Wildman–Crippen LogP) is 7.65. The molecule has 0 N–H and O–H groups in total. The Morgan fingerprint density at radius 1 is 0.857 bits per heavy atom. The summed E-state index contributed by atoms with van der Waals surface area (Å²) in [6, 6.07) is 13.7. The zero-order valence-corrected chi connectivity index (χ0v) is 19.8. The van der Waals surface area contributed by atoms with Gasteiger partial charge in [0.1, 0.15) is 5.75 Å². The fourth-order valence-corrected chi connectivity index (χ4v) is 9.47. The molecular weight excluding hydrogens is 356 g/mol. The zero-order valence-electron chi connectivity index (χ0n) is 18.6. The molecule has 0 radical (unpaired) electrons. The van der Waals surface area contributed by atoms with Crippen molar-refractivity contribution in [2.75, 3.05) is 6.61 Å². The molecule has 0 unspecified atom stereocenters. The van der Waals surface area contributed by atoms with Crippen molar-refractivity contribution in [3.8, 4) is 5.75 Å². The van der Waals surface area contributed by atoms with Gasteiger partial charge in [0, 0.05) is 8.80 Å². The molecule has 3 rings (SSSR count). The lowest BCUT2D eigenvalue weighted by atomic mass is 9.73. The molecule has 0 aromatic heterocycles. The molecular formula is C26H44OSi. The summed E-state index contributed by atoms with van der Waals surface area (Å²) in [6.45, 7) is 5.18. The highest BCUT2D eigenvalue weighted by molar-refractivity contribution is 6.58. The third-order valence-corrected chi connectivity index (χ3v) is 11.4. The van der Waals surface area contributed by atoms with E-state index in [0.717, 1.165) is 30.1 Å². The number of aryl methyl sites for hydroxylation is 1. The minimum atomic E-state index is -0.290. The number of rotatable bonds is 10. The lowest BCUT2D eigenvalue weighted by Gasteiger charge is -2.37. The van der Waals surface area contributed by atoms with Gasteiger partial charge in [-0.25, -0.2) is 0 Å². The summed E-state index contributed by atoms with van der Waals surface area (Å²) in [4.78, 5) is 0. The molecule has 1 aromatic carbocycles. The third-order valence-electron chi connectivity index (χ3n) is 7.71. The van der Waals surface area contributed by atoms with Crippen molar-refractivity contribution < 1.29 is 4.74 Å². The van der Waals surface area contributed by atoms with Crippen LogP contribution in [0.15, 0.2) is 24.3 Å². The van der Waals surface area contributed by atoms with Crippen LogP contribution >= 0.6 is 0 Å². The first-order valence-electron chi connectivity index (χ1n) is 12.5. The Kier molecular flexibility index (Phi) is 9.44. The smallest absolute Gasteiger partial charge is 0.119 e. The zero-order chi connectivity index (χ0) is 19.6. The summed E-state index contributed by atoms with van der Waals surface area (Å²) in [5, 5.41) is 0. The maximum Gasteiger partial charge on any atom is 0.119 e. The molecule has 1 aliphatic carbocycles. The lowest BCUT2D eigenvalue weighted by molar-refractivity contribution is 0.184. The fraction of sp³-hybridized carbons (Fsp3) is 0.769. The van der Waals surface area contributed by atoms with Crippen LogP contribution in [0, 0.1) is 17.8 Å². The lowest BCUT2D eigenvalue weighted by Crippen LogP contribution is -2.28. The average molecular weight is 401 g/mol. The van der Waals surface area contributed by atoms with Crippen LogP contribution < -0.4 is 4.74 Å². The fourth-order valence-electron chi connectivity index (χ4n) is 5.99.